The molecule has 0 aliphatic carbocycles. The molecule has 1 heterocycles. The third-order valence-corrected chi connectivity index (χ3v) is 4.65. The highest BCUT2D eigenvalue weighted by atomic mass is 127. The molecule has 170 valence electrons. The Kier molecular flexibility index (Phi) is 13.7. The van der Waals surface area contributed by atoms with E-state index >= 15 is 0 Å². The van der Waals surface area contributed by atoms with Crippen LogP contribution in [0.5, 0.6) is 0 Å². The largest absolute Gasteiger partial charge is 0.381 e. The van der Waals surface area contributed by atoms with E-state index in [2.05, 4.69) is 27.9 Å². The van der Waals surface area contributed by atoms with Crippen LogP contribution in [0.2, 0.25) is 0 Å². The zero-order valence-electron chi connectivity index (χ0n) is 18.4. The molecule has 1 aromatic rings. The van der Waals surface area contributed by atoms with Crippen LogP contribution in [0.4, 0.5) is 5.69 Å². The van der Waals surface area contributed by atoms with Gasteiger partial charge in [-0.2, -0.15) is 0 Å². The number of hydrogen-bond acceptors (Lipinski definition) is 4. The van der Waals surface area contributed by atoms with Crippen LogP contribution < -0.4 is 16.0 Å². The molecule has 3 N–H and O–H groups in total. The minimum atomic E-state index is -0.0323. The first kappa shape index (κ1) is 26.6. The molecule has 1 unspecified atom stereocenters. The van der Waals surface area contributed by atoms with E-state index in [1.54, 1.807) is 0 Å². The van der Waals surface area contributed by atoms with Gasteiger partial charge in [-0.15, -0.1) is 24.0 Å². The third kappa shape index (κ3) is 10.6. The van der Waals surface area contributed by atoms with Gasteiger partial charge in [-0.1, -0.05) is 26.0 Å². The summed E-state index contributed by atoms with van der Waals surface area (Å²) in [5.74, 6) is 1.35. The predicted octanol–water partition coefficient (Wildman–Crippen LogP) is 3.40. The summed E-state index contributed by atoms with van der Waals surface area (Å²) >= 11 is 0. The van der Waals surface area contributed by atoms with Gasteiger partial charge in [0.25, 0.3) is 0 Å². The lowest BCUT2D eigenvalue weighted by molar-refractivity contribution is -0.118. The standard InChI is InChI=1S/C22H36N4O3.HI/c1-4-23-22(24-11-5-12-28-15-19-10-13-29-16-19)25-14-18-6-8-20(9-7-18)26-21(27)17(2)3;/h6-9,17,19H,4-5,10-16H2,1-3H3,(H,26,27)(H2,23,24,25);1H. The molecule has 1 atom stereocenters. The van der Waals surface area contributed by atoms with Gasteiger partial charge in [0.1, 0.15) is 0 Å². The maximum absolute atomic E-state index is 11.8. The highest BCUT2D eigenvalue weighted by molar-refractivity contribution is 14.0. The summed E-state index contributed by atoms with van der Waals surface area (Å²) in [6.07, 6.45) is 2.04. The number of anilines is 1. The minimum absolute atomic E-state index is 0. The van der Waals surface area contributed by atoms with Gasteiger partial charge in [-0.3, -0.25) is 4.79 Å². The average Bonchev–Trinajstić information content (AvgIpc) is 3.23. The van der Waals surface area contributed by atoms with Crippen molar-refractivity contribution in [3.8, 4) is 0 Å². The Balaban J connectivity index is 0.00000450. The second kappa shape index (κ2) is 15.4. The Morgan fingerprint density at radius 2 is 2.03 bits per heavy atom. The summed E-state index contributed by atoms with van der Waals surface area (Å²) < 4.78 is 11.1. The van der Waals surface area contributed by atoms with Crippen LogP contribution in [0.3, 0.4) is 0 Å². The number of nitrogens with one attached hydrogen (secondary N) is 3. The molecule has 7 nitrogen and oxygen atoms in total. The maximum atomic E-state index is 11.8. The van der Waals surface area contributed by atoms with Crippen molar-refractivity contribution in [2.24, 2.45) is 16.8 Å². The van der Waals surface area contributed by atoms with Gasteiger partial charge >= 0.3 is 0 Å². The van der Waals surface area contributed by atoms with Crippen molar-refractivity contribution >= 4 is 41.5 Å². The highest BCUT2D eigenvalue weighted by Crippen LogP contribution is 2.13. The van der Waals surface area contributed by atoms with Gasteiger partial charge in [-0.05, 0) is 37.5 Å². The number of ether oxygens (including phenoxy) is 2. The Hall–Kier alpha value is -1.39. The highest BCUT2D eigenvalue weighted by Gasteiger charge is 2.15. The van der Waals surface area contributed by atoms with E-state index in [9.17, 15) is 4.79 Å². The Morgan fingerprint density at radius 1 is 1.27 bits per heavy atom. The first-order chi connectivity index (χ1) is 14.1. The van der Waals surface area contributed by atoms with Crippen LogP contribution in [0.25, 0.3) is 0 Å². The second-order valence-corrected chi connectivity index (χ2v) is 7.62. The zero-order chi connectivity index (χ0) is 20.9. The summed E-state index contributed by atoms with van der Waals surface area (Å²) in [6.45, 7) is 11.2. The van der Waals surface area contributed by atoms with Crippen molar-refractivity contribution in [3.63, 3.8) is 0 Å². The summed E-state index contributed by atoms with van der Waals surface area (Å²) in [6, 6.07) is 7.81. The molecule has 1 amide bonds. The monoisotopic (exact) mass is 532 g/mol. The van der Waals surface area contributed by atoms with E-state index < -0.39 is 0 Å². The fraction of sp³-hybridized carbons (Fsp3) is 0.636. The first-order valence-corrected chi connectivity index (χ1v) is 10.7. The number of carbonyl (C=O) groups excluding carboxylic acids is 1. The van der Waals surface area contributed by atoms with Gasteiger partial charge in [0.15, 0.2) is 5.96 Å². The molecule has 30 heavy (non-hydrogen) atoms. The topological polar surface area (TPSA) is 84.0 Å². The average molecular weight is 532 g/mol. The number of carbonyl (C=O) groups is 1. The van der Waals surface area contributed by atoms with Crippen LogP contribution in [-0.2, 0) is 20.8 Å². The van der Waals surface area contributed by atoms with Gasteiger partial charge in [0.05, 0.1) is 19.8 Å². The molecular formula is C22H37IN4O3. The minimum Gasteiger partial charge on any atom is -0.381 e. The van der Waals surface area contributed by atoms with Crippen molar-refractivity contribution in [1.29, 1.82) is 0 Å². The van der Waals surface area contributed by atoms with Gasteiger partial charge in [0.2, 0.25) is 5.91 Å². The van der Waals surface area contributed by atoms with E-state index in [0.29, 0.717) is 12.5 Å². The van der Waals surface area contributed by atoms with Crippen molar-refractivity contribution in [2.75, 3.05) is 44.8 Å². The van der Waals surface area contributed by atoms with Crippen LogP contribution in [0.1, 0.15) is 39.2 Å². The lowest BCUT2D eigenvalue weighted by atomic mass is 10.1. The van der Waals surface area contributed by atoms with Crippen molar-refractivity contribution in [3.05, 3.63) is 29.8 Å². The van der Waals surface area contributed by atoms with Crippen LogP contribution >= 0.6 is 24.0 Å². The Labute approximate surface area is 197 Å². The number of hydrogen-bond donors (Lipinski definition) is 3. The number of halogens is 1. The third-order valence-electron chi connectivity index (χ3n) is 4.65. The molecule has 0 spiro atoms. The van der Waals surface area contributed by atoms with Crippen molar-refractivity contribution < 1.29 is 14.3 Å². The Bertz CT molecular complexity index is 632. The molecule has 1 aliphatic heterocycles. The van der Waals surface area contributed by atoms with E-state index in [1.165, 1.54) is 0 Å². The predicted molar refractivity (Wildman–Crippen MR) is 133 cm³/mol. The number of nitrogens with zero attached hydrogens (tertiary/aromatic N) is 1. The number of benzene rings is 1. The molecule has 1 saturated heterocycles. The summed E-state index contributed by atoms with van der Waals surface area (Å²) in [5, 5.41) is 9.51. The fourth-order valence-electron chi connectivity index (χ4n) is 2.84. The summed E-state index contributed by atoms with van der Waals surface area (Å²) in [4.78, 5) is 16.4. The molecule has 0 saturated carbocycles. The van der Waals surface area contributed by atoms with Gasteiger partial charge < -0.3 is 25.4 Å². The Morgan fingerprint density at radius 3 is 2.67 bits per heavy atom. The number of guanidine groups is 1. The quantitative estimate of drug-likeness (QED) is 0.176. The smallest absolute Gasteiger partial charge is 0.226 e. The SMILES string of the molecule is CCNC(=NCc1ccc(NC(=O)C(C)C)cc1)NCCCOCC1CCOC1.I. The van der Waals surface area contributed by atoms with E-state index in [0.717, 1.165) is 69.6 Å². The van der Waals surface area contributed by atoms with Gasteiger partial charge in [-0.25, -0.2) is 4.99 Å². The van der Waals surface area contributed by atoms with E-state index in [1.807, 2.05) is 38.1 Å². The first-order valence-electron chi connectivity index (χ1n) is 10.7. The number of amides is 1. The summed E-state index contributed by atoms with van der Waals surface area (Å²) in [5.41, 5.74) is 1.90. The molecule has 0 aromatic heterocycles. The van der Waals surface area contributed by atoms with Crippen LogP contribution in [0, 0.1) is 11.8 Å². The number of rotatable bonds is 11. The summed E-state index contributed by atoms with van der Waals surface area (Å²) in [7, 11) is 0. The number of aliphatic imine (C=N–C) groups is 1. The van der Waals surface area contributed by atoms with E-state index in [4.69, 9.17) is 9.47 Å². The van der Waals surface area contributed by atoms with Crippen molar-refractivity contribution in [2.45, 2.75) is 40.2 Å². The molecule has 1 fully saturated rings. The van der Waals surface area contributed by atoms with Crippen LogP contribution in [-0.4, -0.2) is 51.4 Å². The molecule has 0 bridgehead atoms. The molecule has 1 aliphatic rings. The van der Waals surface area contributed by atoms with Crippen molar-refractivity contribution in [1.82, 2.24) is 10.6 Å². The van der Waals surface area contributed by atoms with Gasteiger partial charge in [0, 0.05) is 43.8 Å². The van der Waals surface area contributed by atoms with E-state index in [-0.39, 0.29) is 35.8 Å². The van der Waals surface area contributed by atoms with Crippen LogP contribution in [0.15, 0.2) is 29.3 Å². The fourth-order valence-corrected chi connectivity index (χ4v) is 2.84. The molecule has 1 aromatic carbocycles. The molecule has 0 radical (unpaired) electrons. The second-order valence-electron chi connectivity index (χ2n) is 7.62. The molecular weight excluding hydrogens is 495 g/mol. The molecule has 8 heteroatoms. The zero-order valence-corrected chi connectivity index (χ0v) is 20.7. The normalized spacial score (nSPS) is 16.3. The molecule has 2 rings (SSSR count). The maximum Gasteiger partial charge on any atom is 0.226 e. The lowest BCUT2D eigenvalue weighted by Crippen LogP contribution is -2.38. The lowest BCUT2D eigenvalue weighted by Gasteiger charge is -2.12.